The van der Waals surface area contributed by atoms with E-state index in [4.69, 9.17) is 5.73 Å². The van der Waals surface area contributed by atoms with Gasteiger partial charge in [-0.2, -0.15) is 0 Å². The van der Waals surface area contributed by atoms with Crippen molar-refractivity contribution in [2.75, 3.05) is 0 Å². The molecule has 0 radical (unpaired) electrons. The fourth-order valence-electron chi connectivity index (χ4n) is 3.22. The van der Waals surface area contributed by atoms with Crippen molar-refractivity contribution in [3.8, 4) is 11.3 Å². The molecule has 0 aliphatic heterocycles. The molecule has 0 bridgehead atoms. The molecule has 0 atom stereocenters. The molecule has 2 rings (SSSR count). The molecule has 0 spiro atoms. The Labute approximate surface area is 152 Å². The topological polar surface area (TPSA) is 56.7 Å². The summed E-state index contributed by atoms with van der Waals surface area (Å²) in [5.41, 5.74) is 10.3. The highest BCUT2D eigenvalue weighted by molar-refractivity contribution is 5.61. The minimum absolute atomic E-state index is 0.480. The van der Waals surface area contributed by atoms with Crippen LogP contribution in [0.4, 0.5) is 0 Å². The van der Waals surface area contributed by atoms with Gasteiger partial charge >= 0.3 is 0 Å². The van der Waals surface area contributed by atoms with Gasteiger partial charge in [0.15, 0.2) is 0 Å². The standard InChI is InChI=1S/C21H34N4/c1-3-4-5-6-7-8-9-10-11-16-25-20(17-22)21(23-24-25)19-14-12-18(2)13-15-19/h12-15H,3-11,16-17,22H2,1-2H3. The van der Waals surface area contributed by atoms with Crippen LogP contribution >= 0.6 is 0 Å². The van der Waals surface area contributed by atoms with Crippen LogP contribution < -0.4 is 5.73 Å². The SMILES string of the molecule is CCCCCCCCCCCn1nnc(-c2ccc(C)cc2)c1CN. The van der Waals surface area contributed by atoms with Crippen molar-refractivity contribution in [3.05, 3.63) is 35.5 Å². The number of benzene rings is 1. The van der Waals surface area contributed by atoms with Crippen molar-refractivity contribution < 1.29 is 0 Å². The highest BCUT2D eigenvalue weighted by atomic mass is 15.4. The first-order valence-corrected chi connectivity index (χ1v) is 9.95. The van der Waals surface area contributed by atoms with Gasteiger partial charge in [0.05, 0.1) is 5.69 Å². The summed E-state index contributed by atoms with van der Waals surface area (Å²) in [5.74, 6) is 0. The van der Waals surface area contributed by atoms with Crippen molar-refractivity contribution in [2.45, 2.75) is 84.7 Å². The first-order valence-electron chi connectivity index (χ1n) is 9.95. The van der Waals surface area contributed by atoms with E-state index < -0.39 is 0 Å². The molecule has 1 aromatic carbocycles. The highest BCUT2D eigenvalue weighted by Gasteiger charge is 2.12. The van der Waals surface area contributed by atoms with Crippen LogP contribution in [0.25, 0.3) is 11.3 Å². The van der Waals surface area contributed by atoms with Gasteiger partial charge in [0, 0.05) is 18.7 Å². The molecule has 1 heterocycles. The average Bonchev–Trinajstić information content (AvgIpc) is 3.04. The summed E-state index contributed by atoms with van der Waals surface area (Å²) in [6, 6.07) is 8.41. The van der Waals surface area contributed by atoms with Gasteiger partial charge in [0.2, 0.25) is 0 Å². The van der Waals surface area contributed by atoms with Crippen molar-refractivity contribution in [3.63, 3.8) is 0 Å². The minimum Gasteiger partial charge on any atom is -0.325 e. The maximum atomic E-state index is 5.97. The van der Waals surface area contributed by atoms with Crippen LogP contribution in [0.15, 0.2) is 24.3 Å². The van der Waals surface area contributed by atoms with Crippen LogP contribution in [0.5, 0.6) is 0 Å². The van der Waals surface area contributed by atoms with Gasteiger partial charge in [-0.25, -0.2) is 4.68 Å². The molecule has 0 fully saturated rings. The normalized spacial score (nSPS) is 11.2. The first-order chi connectivity index (χ1) is 12.3. The number of aryl methyl sites for hydroxylation is 2. The van der Waals surface area contributed by atoms with Crippen molar-refractivity contribution in [2.24, 2.45) is 5.73 Å². The maximum Gasteiger partial charge on any atom is 0.117 e. The number of aromatic nitrogens is 3. The Morgan fingerprint density at radius 1 is 0.880 bits per heavy atom. The van der Waals surface area contributed by atoms with Crippen molar-refractivity contribution in [1.82, 2.24) is 15.0 Å². The van der Waals surface area contributed by atoms with Crippen LogP contribution in [-0.2, 0) is 13.1 Å². The van der Waals surface area contributed by atoms with Gasteiger partial charge in [-0.1, -0.05) is 93.3 Å². The van der Waals surface area contributed by atoms with E-state index in [1.54, 1.807) is 0 Å². The molecule has 0 saturated carbocycles. The van der Waals surface area contributed by atoms with E-state index in [9.17, 15) is 0 Å². The van der Waals surface area contributed by atoms with Crippen molar-refractivity contribution in [1.29, 1.82) is 0 Å². The van der Waals surface area contributed by atoms with Crippen LogP contribution in [0.2, 0.25) is 0 Å². The fraction of sp³-hybridized carbons (Fsp3) is 0.619. The van der Waals surface area contributed by atoms with E-state index in [1.807, 2.05) is 4.68 Å². The van der Waals surface area contributed by atoms with Gasteiger partial charge in [0.1, 0.15) is 5.69 Å². The summed E-state index contributed by atoms with van der Waals surface area (Å²) >= 11 is 0. The third-order valence-corrected chi connectivity index (χ3v) is 4.83. The highest BCUT2D eigenvalue weighted by Crippen LogP contribution is 2.22. The van der Waals surface area contributed by atoms with Gasteiger partial charge in [0.25, 0.3) is 0 Å². The van der Waals surface area contributed by atoms with E-state index in [2.05, 4.69) is 48.4 Å². The summed E-state index contributed by atoms with van der Waals surface area (Å²) in [4.78, 5) is 0. The van der Waals surface area contributed by atoms with Gasteiger partial charge in [-0.15, -0.1) is 5.10 Å². The third kappa shape index (κ3) is 6.28. The van der Waals surface area contributed by atoms with E-state index in [0.29, 0.717) is 6.54 Å². The molecule has 0 aliphatic carbocycles. The Balaban J connectivity index is 1.76. The molecule has 0 saturated heterocycles. The smallest absolute Gasteiger partial charge is 0.117 e. The molecule has 138 valence electrons. The third-order valence-electron chi connectivity index (χ3n) is 4.83. The summed E-state index contributed by atoms with van der Waals surface area (Å²) in [7, 11) is 0. The quantitative estimate of drug-likeness (QED) is 0.536. The lowest BCUT2D eigenvalue weighted by Gasteiger charge is -2.07. The molecule has 4 nitrogen and oxygen atoms in total. The lowest BCUT2D eigenvalue weighted by Crippen LogP contribution is -2.10. The number of hydrogen-bond donors (Lipinski definition) is 1. The van der Waals surface area contributed by atoms with Gasteiger partial charge < -0.3 is 5.73 Å². The second kappa shape index (κ2) is 11.0. The van der Waals surface area contributed by atoms with E-state index in [-0.39, 0.29) is 0 Å². The zero-order chi connectivity index (χ0) is 17.9. The van der Waals surface area contributed by atoms with E-state index in [0.717, 1.165) is 29.9 Å². The number of nitrogens with two attached hydrogens (primary N) is 1. The predicted molar refractivity (Wildman–Crippen MR) is 105 cm³/mol. The molecule has 1 aromatic heterocycles. The molecule has 25 heavy (non-hydrogen) atoms. The minimum atomic E-state index is 0.480. The number of rotatable bonds is 12. The second-order valence-corrected chi connectivity index (χ2v) is 7.01. The Hall–Kier alpha value is -1.68. The molecule has 0 amide bonds. The van der Waals surface area contributed by atoms with Crippen LogP contribution in [0, 0.1) is 6.92 Å². The summed E-state index contributed by atoms with van der Waals surface area (Å²) in [6.07, 6.45) is 12.0. The lowest BCUT2D eigenvalue weighted by atomic mass is 10.1. The van der Waals surface area contributed by atoms with Crippen molar-refractivity contribution >= 4 is 0 Å². The van der Waals surface area contributed by atoms with Gasteiger partial charge in [-0.3, -0.25) is 0 Å². The summed E-state index contributed by atoms with van der Waals surface area (Å²) in [5, 5.41) is 8.72. The lowest BCUT2D eigenvalue weighted by molar-refractivity contribution is 0.498. The van der Waals surface area contributed by atoms with E-state index in [1.165, 1.54) is 56.9 Å². The second-order valence-electron chi connectivity index (χ2n) is 7.01. The van der Waals surface area contributed by atoms with Crippen LogP contribution in [0.1, 0.15) is 76.0 Å². The molecular formula is C21H34N4. The first kappa shape index (κ1) is 19.6. The van der Waals surface area contributed by atoms with Gasteiger partial charge in [-0.05, 0) is 13.3 Å². The monoisotopic (exact) mass is 342 g/mol. The zero-order valence-corrected chi connectivity index (χ0v) is 16.0. The Kier molecular flexibility index (Phi) is 8.67. The Morgan fingerprint density at radius 2 is 1.48 bits per heavy atom. The molecule has 2 aromatic rings. The fourth-order valence-corrected chi connectivity index (χ4v) is 3.22. The average molecular weight is 343 g/mol. The molecule has 0 unspecified atom stereocenters. The largest absolute Gasteiger partial charge is 0.325 e. The summed E-state index contributed by atoms with van der Waals surface area (Å²) < 4.78 is 2.00. The summed E-state index contributed by atoms with van der Waals surface area (Å²) in [6.45, 7) is 5.76. The maximum absolute atomic E-state index is 5.97. The molecule has 4 heteroatoms. The molecule has 2 N–H and O–H groups in total. The predicted octanol–water partition coefficient (Wildman–Crippen LogP) is 5.24. The van der Waals surface area contributed by atoms with E-state index >= 15 is 0 Å². The van der Waals surface area contributed by atoms with Crippen LogP contribution in [-0.4, -0.2) is 15.0 Å². The van der Waals surface area contributed by atoms with Crippen LogP contribution in [0.3, 0.4) is 0 Å². The zero-order valence-electron chi connectivity index (χ0n) is 16.0. The molecule has 0 aliphatic rings. The number of unbranched alkanes of at least 4 members (excludes halogenated alkanes) is 8. The Bertz CT molecular complexity index is 601. The Morgan fingerprint density at radius 3 is 2.08 bits per heavy atom. The molecular weight excluding hydrogens is 308 g/mol. The number of hydrogen-bond acceptors (Lipinski definition) is 3. The number of nitrogens with zero attached hydrogens (tertiary/aromatic N) is 3.